The molecule has 1 saturated heterocycles. The summed E-state index contributed by atoms with van der Waals surface area (Å²) in [6, 6.07) is 0.579. The van der Waals surface area contributed by atoms with Crippen LogP contribution in [-0.2, 0) is 4.74 Å². The summed E-state index contributed by atoms with van der Waals surface area (Å²) in [6.07, 6.45) is 1.35. The first-order valence-electron chi connectivity index (χ1n) is 4.68. The summed E-state index contributed by atoms with van der Waals surface area (Å²) < 4.78 is 5.20. The van der Waals surface area contributed by atoms with Gasteiger partial charge in [-0.2, -0.15) is 11.8 Å². The summed E-state index contributed by atoms with van der Waals surface area (Å²) in [5.41, 5.74) is 0. The maximum atomic E-state index is 5.20. The predicted molar refractivity (Wildman–Crippen MR) is 54.8 cm³/mol. The monoisotopic (exact) mass is 189 g/mol. The van der Waals surface area contributed by atoms with Gasteiger partial charge in [-0.25, -0.2) is 0 Å². The minimum Gasteiger partial charge on any atom is -0.383 e. The van der Waals surface area contributed by atoms with E-state index < -0.39 is 0 Å². The zero-order valence-corrected chi connectivity index (χ0v) is 8.82. The van der Waals surface area contributed by atoms with Crippen LogP contribution in [0.1, 0.15) is 13.3 Å². The second kappa shape index (κ2) is 5.84. The zero-order valence-electron chi connectivity index (χ0n) is 8.01. The molecule has 0 spiro atoms. The zero-order chi connectivity index (χ0) is 8.81. The molecule has 1 fully saturated rings. The molecule has 2 nitrogen and oxygen atoms in total. The Kier molecular flexibility index (Phi) is 5.04. The van der Waals surface area contributed by atoms with Gasteiger partial charge in [0.15, 0.2) is 0 Å². The van der Waals surface area contributed by atoms with Gasteiger partial charge >= 0.3 is 0 Å². The van der Waals surface area contributed by atoms with Crippen molar-refractivity contribution in [3.63, 3.8) is 0 Å². The first-order valence-corrected chi connectivity index (χ1v) is 5.84. The molecule has 1 aliphatic rings. The Morgan fingerprint density at radius 3 is 3.00 bits per heavy atom. The van der Waals surface area contributed by atoms with E-state index in [1.807, 2.05) is 0 Å². The molecule has 0 bridgehead atoms. The highest BCUT2D eigenvalue weighted by Crippen LogP contribution is 2.26. The Labute approximate surface area is 79.4 Å². The topological polar surface area (TPSA) is 21.3 Å². The molecule has 0 amide bonds. The van der Waals surface area contributed by atoms with Crippen LogP contribution in [0.3, 0.4) is 0 Å². The molecule has 0 aliphatic carbocycles. The second-order valence-corrected chi connectivity index (χ2v) is 4.39. The standard InChI is InChI=1S/C9H19NOS/c1-3-10-9(6-11-2)8-4-5-12-7-8/h8-10H,3-7H2,1-2H3. The predicted octanol–water partition coefficient (Wildman–Crippen LogP) is 1.36. The van der Waals surface area contributed by atoms with E-state index >= 15 is 0 Å². The lowest BCUT2D eigenvalue weighted by Gasteiger charge is -2.22. The SMILES string of the molecule is CCNC(COC)C1CCSC1. The number of nitrogens with one attached hydrogen (secondary N) is 1. The van der Waals surface area contributed by atoms with Crippen molar-refractivity contribution >= 4 is 11.8 Å². The molecule has 3 heteroatoms. The van der Waals surface area contributed by atoms with E-state index in [1.54, 1.807) is 7.11 Å². The van der Waals surface area contributed by atoms with Gasteiger partial charge in [0.05, 0.1) is 6.61 Å². The molecule has 0 saturated carbocycles. The maximum absolute atomic E-state index is 5.20. The van der Waals surface area contributed by atoms with E-state index in [-0.39, 0.29) is 0 Å². The Morgan fingerprint density at radius 1 is 1.67 bits per heavy atom. The van der Waals surface area contributed by atoms with Crippen LogP contribution in [0, 0.1) is 5.92 Å². The number of rotatable bonds is 5. The van der Waals surface area contributed by atoms with E-state index in [9.17, 15) is 0 Å². The fraction of sp³-hybridized carbons (Fsp3) is 1.00. The Balaban J connectivity index is 2.29. The number of ether oxygens (including phenoxy) is 1. The van der Waals surface area contributed by atoms with Crippen molar-refractivity contribution in [3.8, 4) is 0 Å². The fourth-order valence-electron chi connectivity index (χ4n) is 1.67. The van der Waals surface area contributed by atoms with E-state index in [1.165, 1.54) is 17.9 Å². The van der Waals surface area contributed by atoms with Gasteiger partial charge in [-0.05, 0) is 30.4 Å². The van der Waals surface area contributed by atoms with E-state index in [4.69, 9.17) is 4.74 Å². The third kappa shape index (κ3) is 2.96. The van der Waals surface area contributed by atoms with Gasteiger partial charge in [0.2, 0.25) is 0 Å². The van der Waals surface area contributed by atoms with Crippen LogP contribution in [0.25, 0.3) is 0 Å². The molecular weight excluding hydrogens is 170 g/mol. The summed E-state index contributed by atoms with van der Waals surface area (Å²) in [7, 11) is 1.78. The van der Waals surface area contributed by atoms with Gasteiger partial charge in [-0.1, -0.05) is 6.92 Å². The quantitative estimate of drug-likeness (QED) is 0.705. The van der Waals surface area contributed by atoms with Crippen molar-refractivity contribution in [2.75, 3.05) is 31.8 Å². The third-order valence-electron chi connectivity index (χ3n) is 2.35. The van der Waals surface area contributed by atoms with E-state index in [2.05, 4.69) is 24.0 Å². The highest BCUT2D eigenvalue weighted by molar-refractivity contribution is 7.99. The maximum Gasteiger partial charge on any atom is 0.0618 e. The van der Waals surface area contributed by atoms with Crippen LogP contribution in [0.4, 0.5) is 0 Å². The molecule has 1 heterocycles. The van der Waals surface area contributed by atoms with Crippen LogP contribution in [0.5, 0.6) is 0 Å². The Hall–Kier alpha value is 0.270. The van der Waals surface area contributed by atoms with Crippen molar-refractivity contribution < 1.29 is 4.74 Å². The minimum atomic E-state index is 0.579. The molecule has 0 aromatic rings. The smallest absolute Gasteiger partial charge is 0.0618 e. The molecule has 12 heavy (non-hydrogen) atoms. The average Bonchev–Trinajstić information content (AvgIpc) is 2.56. The largest absolute Gasteiger partial charge is 0.383 e. The second-order valence-electron chi connectivity index (χ2n) is 3.24. The van der Waals surface area contributed by atoms with Gasteiger partial charge in [-0.3, -0.25) is 0 Å². The Bertz CT molecular complexity index is 109. The lowest BCUT2D eigenvalue weighted by molar-refractivity contribution is 0.146. The molecule has 0 aromatic carbocycles. The van der Waals surface area contributed by atoms with Crippen molar-refractivity contribution in [1.82, 2.24) is 5.32 Å². The number of thioether (sulfide) groups is 1. The number of likely N-dealkylation sites (N-methyl/N-ethyl adjacent to an activating group) is 1. The summed E-state index contributed by atoms with van der Waals surface area (Å²) in [5.74, 6) is 3.46. The van der Waals surface area contributed by atoms with Gasteiger partial charge in [0.1, 0.15) is 0 Å². The van der Waals surface area contributed by atoms with Gasteiger partial charge in [0.25, 0.3) is 0 Å². The van der Waals surface area contributed by atoms with Crippen molar-refractivity contribution in [2.45, 2.75) is 19.4 Å². The van der Waals surface area contributed by atoms with E-state index in [0.29, 0.717) is 6.04 Å². The summed E-state index contributed by atoms with van der Waals surface area (Å²) in [5, 5.41) is 3.49. The van der Waals surface area contributed by atoms with Crippen LogP contribution in [-0.4, -0.2) is 37.8 Å². The minimum absolute atomic E-state index is 0.579. The van der Waals surface area contributed by atoms with Crippen LogP contribution < -0.4 is 5.32 Å². The number of hydrogen-bond acceptors (Lipinski definition) is 3. The lowest BCUT2D eigenvalue weighted by Crippen LogP contribution is -2.39. The van der Waals surface area contributed by atoms with Crippen molar-refractivity contribution in [3.05, 3.63) is 0 Å². The van der Waals surface area contributed by atoms with Crippen LogP contribution >= 0.6 is 11.8 Å². The number of hydrogen-bond donors (Lipinski definition) is 1. The van der Waals surface area contributed by atoms with Crippen LogP contribution in [0.15, 0.2) is 0 Å². The summed E-state index contributed by atoms with van der Waals surface area (Å²) in [6.45, 7) is 4.07. The third-order valence-corrected chi connectivity index (χ3v) is 3.53. The molecule has 0 aromatic heterocycles. The molecule has 1 aliphatic heterocycles. The molecule has 0 radical (unpaired) electrons. The first kappa shape index (κ1) is 10.4. The first-order chi connectivity index (χ1) is 5.88. The normalized spacial score (nSPS) is 26.0. The average molecular weight is 189 g/mol. The van der Waals surface area contributed by atoms with Crippen molar-refractivity contribution in [2.24, 2.45) is 5.92 Å². The molecule has 1 rings (SSSR count). The van der Waals surface area contributed by atoms with Crippen molar-refractivity contribution in [1.29, 1.82) is 0 Å². The molecule has 1 N–H and O–H groups in total. The van der Waals surface area contributed by atoms with Crippen LogP contribution in [0.2, 0.25) is 0 Å². The Morgan fingerprint density at radius 2 is 2.50 bits per heavy atom. The van der Waals surface area contributed by atoms with Gasteiger partial charge in [-0.15, -0.1) is 0 Å². The van der Waals surface area contributed by atoms with Gasteiger partial charge < -0.3 is 10.1 Å². The van der Waals surface area contributed by atoms with E-state index in [0.717, 1.165) is 19.1 Å². The summed E-state index contributed by atoms with van der Waals surface area (Å²) in [4.78, 5) is 0. The molecular formula is C9H19NOS. The highest BCUT2D eigenvalue weighted by Gasteiger charge is 2.24. The molecule has 2 unspecified atom stereocenters. The fourth-order valence-corrected chi connectivity index (χ4v) is 3.01. The summed E-state index contributed by atoms with van der Waals surface area (Å²) >= 11 is 2.07. The lowest BCUT2D eigenvalue weighted by atomic mass is 10.00. The molecule has 72 valence electrons. The highest BCUT2D eigenvalue weighted by atomic mass is 32.2. The molecule has 2 atom stereocenters. The van der Waals surface area contributed by atoms with Gasteiger partial charge in [0, 0.05) is 13.2 Å². The number of methoxy groups -OCH3 is 1.